The summed E-state index contributed by atoms with van der Waals surface area (Å²) in [6, 6.07) is -0.0299. The summed E-state index contributed by atoms with van der Waals surface area (Å²) in [5.41, 5.74) is -0.983. The van der Waals surface area contributed by atoms with Crippen molar-refractivity contribution in [2.75, 3.05) is 7.11 Å². The number of carbonyl (C=O) groups is 2. The van der Waals surface area contributed by atoms with Gasteiger partial charge in [-0.05, 0) is 52.4 Å². The van der Waals surface area contributed by atoms with Crippen LogP contribution in [0.2, 0.25) is 0 Å². The number of esters is 1. The summed E-state index contributed by atoms with van der Waals surface area (Å²) in [7, 11) is 1.43. The molecule has 122 valence electrons. The van der Waals surface area contributed by atoms with E-state index in [2.05, 4.69) is 19.2 Å². The minimum Gasteiger partial charge on any atom is -0.469 e. The van der Waals surface area contributed by atoms with E-state index < -0.39 is 17.1 Å². The van der Waals surface area contributed by atoms with Crippen LogP contribution in [0.1, 0.15) is 60.3 Å². The smallest absolute Gasteiger partial charge is 0.407 e. The maximum absolute atomic E-state index is 12.2. The summed E-state index contributed by atoms with van der Waals surface area (Å²) in [5.74, 6) is 0.245. The summed E-state index contributed by atoms with van der Waals surface area (Å²) in [5, 5.41) is 2.87. The Kier molecular flexibility index (Phi) is 5.65. The Morgan fingerprint density at radius 1 is 1.33 bits per heavy atom. The van der Waals surface area contributed by atoms with E-state index in [9.17, 15) is 9.59 Å². The molecule has 1 amide bonds. The van der Waals surface area contributed by atoms with Crippen LogP contribution in [0.15, 0.2) is 0 Å². The molecule has 0 radical (unpaired) electrons. The Labute approximate surface area is 127 Å². The Bertz CT molecular complexity index is 386. The fraction of sp³-hybridized carbons (Fsp3) is 0.875. The maximum atomic E-state index is 12.2. The van der Waals surface area contributed by atoms with E-state index in [1.165, 1.54) is 7.11 Å². The molecule has 0 saturated heterocycles. The van der Waals surface area contributed by atoms with Crippen molar-refractivity contribution in [1.82, 2.24) is 5.32 Å². The largest absolute Gasteiger partial charge is 0.469 e. The standard InChI is InChI=1S/C16H29NO4/c1-11(2)9-16(13(18)20-6)8-7-12(10-16)17-14(19)21-15(3,4)5/h11-12H,7-10H2,1-6H3,(H,17,19). The highest BCUT2D eigenvalue weighted by Crippen LogP contribution is 2.44. The van der Waals surface area contributed by atoms with Gasteiger partial charge in [-0.3, -0.25) is 4.79 Å². The normalized spacial score (nSPS) is 25.8. The van der Waals surface area contributed by atoms with Crippen molar-refractivity contribution in [3.05, 3.63) is 0 Å². The monoisotopic (exact) mass is 299 g/mol. The van der Waals surface area contributed by atoms with Gasteiger partial charge in [0.1, 0.15) is 5.60 Å². The van der Waals surface area contributed by atoms with E-state index in [0.29, 0.717) is 12.3 Å². The molecule has 1 aliphatic carbocycles. The average molecular weight is 299 g/mol. The maximum Gasteiger partial charge on any atom is 0.407 e. The Morgan fingerprint density at radius 3 is 2.43 bits per heavy atom. The summed E-state index contributed by atoms with van der Waals surface area (Å²) < 4.78 is 10.3. The van der Waals surface area contributed by atoms with Crippen molar-refractivity contribution < 1.29 is 19.1 Å². The first-order valence-electron chi connectivity index (χ1n) is 7.66. The van der Waals surface area contributed by atoms with Crippen LogP contribution < -0.4 is 5.32 Å². The molecule has 1 N–H and O–H groups in total. The van der Waals surface area contributed by atoms with Crippen molar-refractivity contribution in [3.63, 3.8) is 0 Å². The van der Waals surface area contributed by atoms with Gasteiger partial charge in [0.25, 0.3) is 0 Å². The Morgan fingerprint density at radius 2 is 1.95 bits per heavy atom. The van der Waals surface area contributed by atoms with Gasteiger partial charge in [0.2, 0.25) is 0 Å². The molecule has 1 aliphatic rings. The molecule has 5 heteroatoms. The molecule has 1 rings (SSSR count). The zero-order valence-electron chi connectivity index (χ0n) is 14.1. The van der Waals surface area contributed by atoms with Crippen LogP contribution in [0.3, 0.4) is 0 Å². The molecule has 0 bridgehead atoms. The molecule has 0 heterocycles. The topological polar surface area (TPSA) is 64.6 Å². The number of ether oxygens (including phenoxy) is 2. The average Bonchev–Trinajstić information content (AvgIpc) is 2.68. The Hall–Kier alpha value is -1.26. The number of alkyl carbamates (subject to hydrolysis) is 1. The molecule has 21 heavy (non-hydrogen) atoms. The molecule has 5 nitrogen and oxygen atoms in total. The fourth-order valence-corrected chi connectivity index (χ4v) is 3.18. The number of nitrogens with one attached hydrogen (secondary N) is 1. The van der Waals surface area contributed by atoms with E-state index in [4.69, 9.17) is 9.47 Å². The Balaban J connectivity index is 2.66. The van der Waals surface area contributed by atoms with Crippen LogP contribution in [-0.2, 0) is 14.3 Å². The molecular formula is C16H29NO4. The van der Waals surface area contributed by atoms with Gasteiger partial charge >= 0.3 is 12.1 Å². The lowest BCUT2D eigenvalue weighted by Crippen LogP contribution is -2.39. The lowest BCUT2D eigenvalue weighted by atomic mass is 9.78. The number of hydrogen-bond acceptors (Lipinski definition) is 4. The zero-order valence-corrected chi connectivity index (χ0v) is 14.1. The summed E-state index contributed by atoms with van der Waals surface area (Å²) >= 11 is 0. The fourth-order valence-electron chi connectivity index (χ4n) is 3.18. The van der Waals surface area contributed by atoms with Crippen molar-refractivity contribution in [1.29, 1.82) is 0 Å². The van der Waals surface area contributed by atoms with Crippen LogP contribution in [-0.4, -0.2) is 30.8 Å². The molecule has 0 aliphatic heterocycles. The second kappa shape index (κ2) is 6.67. The quantitative estimate of drug-likeness (QED) is 0.809. The van der Waals surface area contributed by atoms with Gasteiger partial charge in [-0.15, -0.1) is 0 Å². The number of hydrogen-bond donors (Lipinski definition) is 1. The molecule has 0 spiro atoms. The number of methoxy groups -OCH3 is 1. The second-order valence-corrected chi connectivity index (χ2v) is 7.46. The lowest BCUT2D eigenvalue weighted by Gasteiger charge is -2.28. The second-order valence-electron chi connectivity index (χ2n) is 7.46. The van der Waals surface area contributed by atoms with Crippen molar-refractivity contribution >= 4 is 12.1 Å². The molecule has 2 atom stereocenters. The number of amides is 1. The van der Waals surface area contributed by atoms with E-state index in [1.807, 2.05) is 20.8 Å². The van der Waals surface area contributed by atoms with Crippen molar-refractivity contribution in [3.8, 4) is 0 Å². The van der Waals surface area contributed by atoms with E-state index in [0.717, 1.165) is 19.3 Å². The highest BCUT2D eigenvalue weighted by molar-refractivity contribution is 5.77. The van der Waals surface area contributed by atoms with Gasteiger partial charge in [-0.25, -0.2) is 4.79 Å². The molecule has 1 fully saturated rings. The third-order valence-corrected chi connectivity index (χ3v) is 3.75. The molecular weight excluding hydrogens is 270 g/mol. The van der Waals surface area contributed by atoms with Crippen LogP contribution in [0.25, 0.3) is 0 Å². The number of rotatable bonds is 4. The minimum absolute atomic E-state index is 0.0299. The highest BCUT2D eigenvalue weighted by atomic mass is 16.6. The first kappa shape index (κ1) is 17.8. The molecule has 1 saturated carbocycles. The predicted molar refractivity (Wildman–Crippen MR) is 80.9 cm³/mol. The minimum atomic E-state index is -0.514. The molecule has 0 aromatic carbocycles. The van der Waals surface area contributed by atoms with Crippen LogP contribution in [0.5, 0.6) is 0 Å². The summed E-state index contributed by atoms with van der Waals surface area (Å²) in [6.07, 6.45) is 2.51. The van der Waals surface area contributed by atoms with E-state index >= 15 is 0 Å². The third-order valence-electron chi connectivity index (χ3n) is 3.75. The summed E-state index contributed by atoms with van der Waals surface area (Å²) in [4.78, 5) is 24.0. The van der Waals surface area contributed by atoms with Crippen molar-refractivity contribution in [2.45, 2.75) is 71.9 Å². The zero-order chi connectivity index (χ0) is 16.3. The van der Waals surface area contributed by atoms with Gasteiger partial charge in [0, 0.05) is 6.04 Å². The van der Waals surface area contributed by atoms with Gasteiger partial charge in [0.15, 0.2) is 0 Å². The van der Waals surface area contributed by atoms with E-state index in [-0.39, 0.29) is 12.0 Å². The summed E-state index contributed by atoms with van der Waals surface area (Å²) in [6.45, 7) is 9.69. The van der Waals surface area contributed by atoms with Gasteiger partial charge in [-0.1, -0.05) is 13.8 Å². The van der Waals surface area contributed by atoms with Crippen LogP contribution in [0, 0.1) is 11.3 Å². The van der Waals surface area contributed by atoms with Crippen LogP contribution >= 0.6 is 0 Å². The molecule has 0 aromatic heterocycles. The SMILES string of the molecule is COC(=O)C1(CC(C)C)CCC(NC(=O)OC(C)(C)C)C1. The number of carbonyl (C=O) groups excluding carboxylic acids is 2. The first-order chi connectivity index (χ1) is 9.58. The van der Waals surface area contributed by atoms with Gasteiger partial charge in [-0.2, -0.15) is 0 Å². The lowest BCUT2D eigenvalue weighted by molar-refractivity contribution is -0.153. The molecule has 0 aromatic rings. The molecule has 2 unspecified atom stereocenters. The van der Waals surface area contributed by atoms with Crippen LogP contribution in [0.4, 0.5) is 4.79 Å². The highest BCUT2D eigenvalue weighted by Gasteiger charge is 2.47. The third kappa shape index (κ3) is 5.21. The predicted octanol–water partition coefficient (Wildman–Crippen LogP) is 3.27. The van der Waals surface area contributed by atoms with Gasteiger partial charge in [0.05, 0.1) is 12.5 Å². The van der Waals surface area contributed by atoms with Crippen molar-refractivity contribution in [2.24, 2.45) is 11.3 Å². The van der Waals surface area contributed by atoms with E-state index in [1.54, 1.807) is 0 Å². The first-order valence-corrected chi connectivity index (χ1v) is 7.66. The van der Waals surface area contributed by atoms with Gasteiger partial charge < -0.3 is 14.8 Å².